The van der Waals surface area contributed by atoms with Gasteiger partial charge in [0.2, 0.25) is 0 Å². The van der Waals surface area contributed by atoms with E-state index in [-0.39, 0.29) is 18.2 Å². The molecule has 0 fully saturated rings. The molecule has 0 spiro atoms. The Balaban J connectivity index is 1.61. The topological polar surface area (TPSA) is 75.6 Å². The van der Waals surface area contributed by atoms with Gasteiger partial charge < -0.3 is 15.2 Å². The summed E-state index contributed by atoms with van der Waals surface area (Å²) in [5.74, 6) is 0.137. The Bertz CT molecular complexity index is 1090. The molecule has 5 nitrogen and oxygen atoms in total. The van der Waals surface area contributed by atoms with E-state index in [0.29, 0.717) is 25.1 Å². The number of carboxylic acid groups (broad SMARTS) is 1. The van der Waals surface area contributed by atoms with Gasteiger partial charge in [0.25, 0.3) is 5.91 Å². The van der Waals surface area contributed by atoms with Gasteiger partial charge in [-0.05, 0) is 60.1 Å². The highest BCUT2D eigenvalue weighted by atomic mass is 16.5. The van der Waals surface area contributed by atoms with Crippen molar-refractivity contribution in [1.29, 1.82) is 0 Å². The molecule has 0 saturated carbocycles. The van der Waals surface area contributed by atoms with Crippen molar-refractivity contribution >= 4 is 11.9 Å². The number of nitrogens with one attached hydrogen (secondary N) is 1. The standard InChI is InChI=1S/C29H33NO4/c1-21(2)26-19-23(16-17-25(26)22-11-5-3-6-12-22)29(33)30-20-24-13-8-9-14-27(24)34-18-10-4-7-15-28(31)32/h3,5-6,8-9,11-14,16-17,19,21H,4,7,10,15,18,20H2,1-2H3,(H,30,33)(H,31,32). The molecule has 178 valence electrons. The molecule has 0 radical (unpaired) electrons. The first-order valence-electron chi connectivity index (χ1n) is 11.9. The molecule has 0 saturated heterocycles. The highest BCUT2D eigenvalue weighted by Gasteiger charge is 2.14. The molecule has 0 atom stereocenters. The fraction of sp³-hybridized carbons (Fsp3) is 0.310. The third kappa shape index (κ3) is 7.20. The summed E-state index contributed by atoms with van der Waals surface area (Å²) < 4.78 is 5.90. The number of amides is 1. The highest BCUT2D eigenvalue weighted by molar-refractivity contribution is 5.95. The monoisotopic (exact) mass is 459 g/mol. The number of hydrogen-bond donors (Lipinski definition) is 2. The summed E-state index contributed by atoms with van der Waals surface area (Å²) in [6.45, 7) is 5.16. The van der Waals surface area contributed by atoms with Crippen molar-refractivity contribution in [2.24, 2.45) is 0 Å². The normalized spacial score (nSPS) is 10.8. The Kier molecular flexibility index (Phi) is 9.27. The molecule has 0 aliphatic carbocycles. The van der Waals surface area contributed by atoms with Crippen molar-refractivity contribution in [3.63, 3.8) is 0 Å². The van der Waals surface area contributed by atoms with Crippen LogP contribution in [0.5, 0.6) is 5.75 Å². The zero-order chi connectivity index (χ0) is 24.3. The van der Waals surface area contributed by atoms with Crippen LogP contribution in [0, 0.1) is 0 Å². The van der Waals surface area contributed by atoms with Crippen LogP contribution in [-0.2, 0) is 11.3 Å². The molecular formula is C29H33NO4. The van der Waals surface area contributed by atoms with Crippen LogP contribution in [0.2, 0.25) is 0 Å². The van der Waals surface area contributed by atoms with E-state index in [0.717, 1.165) is 40.8 Å². The predicted molar refractivity (Wildman–Crippen MR) is 135 cm³/mol. The number of unbranched alkanes of at least 4 members (excludes halogenated alkanes) is 2. The number of ether oxygens (including phenoxy) is 1. The van der Waals surface area contributed by atoms with Gasteiger partial charge in [0.05, 0.1) is 6.61 Å². The lowest BCUT2D eigenvalue weighted by Gasteiger charge is -2.16. The van der Waals surface area contributed by atoms with Crippen molar-refractivity contribution in [2.45, 2.75) is 52.0 Å². The zero-order valence-corrected chi connectivity index (χ0v) is 19.9. The zero-order valence-electron chi connectivity index (χ0n) is 19.9. The van der Waals surface area contributed by atoms with Gasteiger partial charge in [0.15, 0.2) is 0 Å². The molecule has 3 rings (SSSR count). The Morgan fingerprint density at radius 2 is 1.65 bits per heavy atom. The van der Waals surface area contributed by atoms with Crippen LogP contribution in [-0.4, -0.2) is 23.6 Å². The number of carbonyl (C=O) groups excluding carboxylic acids is 1. The van der Waals surface area contributed by atoms with Crippen LogP contribution in [0.1, 0.15) is 66.9 Å². The lowest BCUT2D eigenvalue weighted by Crippen LogP contribution is -2.23. The van der Waals surface area contributed by atoms with Gasteiger partial charge in [-0.3, -0.25) is 9.59 Å². The van der Waals surface area contributed by atoms with Crippen molar-refractivity contribution in [2.75, 3.05) is 6.61 Å². The van der Waals surface area contributed by atoms with E-state index in [1.165, 1.54) is 0 Å². The molecule has 0 aromatic heterocycles. The van der Waals surface area contributed by atoms with E-state index in [1.807, 2.05) is 60.7 Å². The smallest absolute Gasteiger partial charge is 0.303 e. The van der Waals surface area contributed by atoms with E-state index >= 15 is 0 Å². The summed E-state index contributed by atoms with van der Waals surface area (Å²) in [6.07, 6.45) is 2.44. The van der Waals surface area contributed by atoms with Gasteiger partial charge in [0.1, 0.15) is 5.75 Å². The maximum absolute atomic E-state index is 12.9. The number of para-hydroxylation sites is 1. The minimum atomic E-state index is -0.766. The molecular weight excluding hydrogens is 426 g/mol. The largest absolute Gasteiger partial charge is 0.493 e. The molecule has 0 heterocycles. The Morgan fingerprint density at radius 3 is 2.38 bits per heavy atom. The lowest BCUT2D eigenvalue weighted by molar-refractivity contribution is -0.137. The first-order valence-corrected chi connectivity index (χ1v) is 11.9. The number of carbonyl (C=O) groups is 2. The molecule has 5 heteroatoms. The summed E-state index contributed by atoms with van der Waals surface area (Å²) in [6, 6.07) is 23.8. The van der Waals surface area contributed by atoms with Gasteiger partial charge in [-0.25, -0.2) is 0 Å². The Hall–Kier alpha value is -3.60. The van der Waals surface area contributed by atoms with E-state index in [1.54, 1.807) is 0 Å². The molecule has 34 heavy (non-hydrogen) atoms. The molecule has 3 aromatic rings. The predicted octanol–water partition coefficient (Wildman–Crippen LogP) is 6.43. The Morgan fingerprint density at radius 1 is 0.912 bits per heavy atom. The quantitative estimate of drug-likeness (QED) is 0.306. The SMILES string of the molecule is CC(C)c1cc(C(=O)NCc2ccccc2OCCCCCC(=O)O)ccc1-c1ccccc1. The van der Waals surface area contributed by atoms with E-state index in [4.69, 9.17) is 9.84 Å². The molecule has 0 aliphatic heterocycles. The maximum Gasteiger partial charge on any atom is 0.303 e. The summed E-state index contributed by atoms with van der Waals surface area (Å²) in [4.78, 5) is 23.5. The van der Waals surface area contributed by atoms with Crippen LogP contribution in [0.3, 0.4) is 0 Å². The number of aliphatic carboxylic acids is 1. The van der Waals surface area contributed by atoms with Crippen LogP contribution in [0.4, 0.5) is 0 Å². The number of rotatable bonds is 12. The molecule has 1 amide bonds. The molecule has 2 N–H and O–H groups in total. The summed E-state index contributed by atoms with van der Waals surface area (Å²) >= 11 is 0. The third-order valence-corrected chi connectivity index (χ3v) is 5.73. The maximum atomic E-state index is 12.9. The van der Waals surface area contributed by atoms with Gasteiger partial charge in [-0.2, -0.15) is 0 Å². The fourth-order valence-electron chi connectivity index (χ4n) is 3.87. The summed E-state index contributed by atoms with van der Waals surface area (Å²) in [7, 11) is 0. The van der Waals surface area contributed by atoms with Gasteiger partial charge in [-0.15, -0.1) is 0 Å². The van der Waals surface area contributed by atoms with Crippen molar-refractivity contribution in [1.82, 2.24) is 5.32 Å². The second-order valence-corrected chi connectivity index (χ2v) is 8.67. The molecule has 0 bridgehead atoms. The van der Waals surface area contributed by atoms with E-state index < -0.39 is 5.97 Å². The number of carboxylic acids is 1. The van der Waals surface area contributed by atoms with Gasteiger partial charge in [0, 0.05) is 24.1 Å². The third-order valence-electron chi connectivity index (χ3n) is 5.73. The minimum Gasteiger partial charge on any atom is -0.493 e. The molecule has 0 unspecified atom stereocenters. The highest BCUT2D eigenvalue weighted by Crippen LogP contribution is 2.30. The molecule has 3 aromatic carbocycles. The van der Waals surface area contributed by atoms with Crippen LogP contribution in [0.15, 0.2) is 72.8 Å². The second kappa shape index (κ2) is 12.6. The summed E-state index contributed by atoms with van der Waals surface area (Å²) in [5, 5.41) is 11.7. The van der Waals surface area contributed by atoms with E-state index in [2.05, 4.69) is 31.3 Å². The van der Waals surface area contributed by atoms with E-state index in [9.17, 15) is 9.59 Å². The average Bonchev–Trinajstić information content (AvgIpc) is 2.85. The van der Waals surface area contributed by atoms with Gasteiger partial charge >= 0.3 is 5.97 Å². The lowest BCUT2D eigenvalue weighted by atomic mass is 9.91. The average molecular weight is 460 g/mol. The number of benzene rings is 3. The first kappa shape index (κ1) is 25.0. The van der Waals surface area contributed by atoms with Crippen LogP contribution >= 0.6 is 0 Å². The van der Waals surface area contributed by atoms with Gasteiger partial charge in [-0.1, -0.05) is 68.4 Å². The van der Waals surface area contributed by atoms with Crippen molar-refractivity contribution in [3.8, 4) is 16.9 Å². The fourth-order valence-corrected chi connectivity index (χ4v) is 3.87. The summed E-state index contributed by atoms with van der Waals surface area (Å²) in [5.41, 5.74) is 4.98. The van der Waals surface area contributed by atoms with Crippen LogP contribution < -0.4 is 10.1 Å². The Labute approximate surface area is 201 Å². The minimum absolute atomic E-state index is 0.120. The number of hydrogen-bond acceptors (Lipinski definition) is 3. The first-order chi connectivity index (χ1) is 16.5. The van der Waals surface area contributed by atoms with Crippen molar-refractivity contribution in [3.05, 3.63) is 89.5 Å². The molecule has 0 aliphatic rings. The van der Waals surface area contributed by atoms with Crippen LogP contribution in [0.25, 0.3) is 11.1 Å². The second-order valence-electron chi connectivity index (χ2n) is 8.67. The van der Waals surface area contributed by atoms with Crippen molar-refractivity contribution < 1.29 is 19.4 Å².